The molecule has 7 heteroatoms. The molecule has 1 N–H and O–H groups in total. The highest BCUT2D eigenvalue weighted by atomic mass is 127. The number of hydrazone groups is 1. The van der Waals surface area contributed by atoms with Crippen molar-refractivity contribution in [1.29, 1.82) is 5.26 Å². The molecule has 2 aromatic rings. The summed E-state index contributed by atoms with van der Waals surface area (Å²) in [5.41, 5.74) is 4.43. The Morgan fingerprint density at radius 2 is 2.42 bits per heavy atom. The molecule has 96 valence electrons. The van der Waals surface area contributed by atoms with Crippen LogP contribution in [0, 0.1) is 14.9 Å². The van der Waals surface area contributed by atoms with E-state index in [0.717, 1.165) is 14.2 Å². The van der Waals surface area contributed by atoms with E-state index in [9.17, 15) is 0 Å². The van der Waals surface area contributed by atoms with Crippen molar-refractivity contribution < 1.29 is 0 Å². The number of nitriles is 1. The van der Waals surface area contributed by atoms with E-state index in [1.165, 1.54) is 23.3 Å². The minimum Gasteiger partial charge on any atom is -0.266 e. The number of hydrogen-bond acceptors (Lipinski definition) is 6. The van der Waals surface area contributed by atoms with Crippen LogP contribution >= 0.6 is 45.9 Å². The minimum absolute atomic E-state index is 0.553. The van der Waals surface area contributed by atoms with E-state index < -0.39 is 0 Å². The van der Waals surface area contributed by atoms with Gasteiger partial charge in [-0.15, -0.1) is 11.8 Å². The van der Waals surface area contributed by atoms with Crippen LogP contribution < -0.4 is 5.43 Å². The maximum absolute atomic E-state index is 9.08. The summed E-state index contributed by atoms with van der Waals surface area (Å²) in [6, 6.07) is 10.1. The zero-order valence-electron chi connectivity index (χ0n) is 9.92. The molecular weight excluding hydrogens is 391 g/mol. The van der Waals surface area contributed by atoms with Crippen molar-refractivity contribution in [3.63, 3.8) is 0 Å². The largest absolute Gasteiger partial charge is 0.266 e. The standard InChI is InChI=1S/C12H9IN4S2/c1-18-12-10(6-14)11(19-17-12)16-15-7-8-3-2-4-9(13)5-8/h2-5,7,16H,1H3/b15-7+. The van der Waals surface area contributed by atoms with Crippen LogP contribution in [0.1, 0.15) is 11.1 Å². The Labute approximate surface area is 133 Å². The van der Waals surface area contributed by atoms with Gasteiger partial charge in [-0.25, -0.2) is 0 Å². The Morgan fingerprint density at radius 3 is 3.11 bits per heavy atom. The normalized spacial score (nSPS) is 10.6. The van der Waals surface area contributed by atoms with Gasteiger partial charge >= 0.3 is 0 Å². The minimum atomic E-state index is 0.553. The highest BCUT2D eigenvalue weighted by Gasteiger charge is 2.11. The van der Waals surface area contributed by atoms with Gasteiger partial charge in [0, 0.05) is 3.57 Å². The topological polar surface area (TPSA) is 61.1 Å². The smallest absolute Gasteiger partial charge is 0.148 e. The first-order chi connectivity index (χ1) is 9.24. The first-order valence-corrected chi connectivity index (χ1v) is 8.30. The number of nitrogens with one attached hydrogen (secondary N) is 1. The second kappa shape index (κ2) is 6.88. The lowest BCUT2D eigenvalue weighted by molar-refractivity contribution is 1.25. The summed E-state index contributed by atoms with van der Waals surface area (Å²) in [5.74, 6) is 0. The van der Waals surface area contributed by atoms with Gasteiger partial charge in [-0.05, 0) is 58.1 Å². The molecule has 0 unspecified atom stereocenters. The average Bonchev–Trinajstić information content (AvgIpc) is 2.81. The molecule has 0 aliphatic rings. The summed E-state index contributed by atoms with van der Waals surface area (Å²) in [7, 11) is 0. The fourth-order valence-electron chi connectivity index (χ4n) is 1.34. The first kappa shape index (κ1) is 14.3. The molecule has 4 nitrogen and oxygen atoms in total. The molecule has 0 aliphatic carbocycles. The third-order valence-electron chi connectivity index (χ3n) is 2.19. The molecule has 0 bridgehead atoms. The Balaban J connectivity index is 2.11. The van der Waals surface area contributed by atoms with Crippen LogP contribution in [-0.4, -0.2) is 16.8 Å². The third kappa shape index (κ3) is 3.68. The van der Waals surface area contributed by atoms with Crippen molar-refractivity contribution in [2.45, 2.75) is 5.03 Å². The van der Waals surface area contributed by atoms with E-state index >= 15 is 0 Å². The second-order valence-corrected chi connectivity index (χ2v) is 6.25. The summed E-state index contributed by atoms with van der Waals surface area (Å²) in [4.78, 5) is 0. The van der Waals surface area contributed by atoms with Crippen LogP contribution in [0.4, 0.5) is 5.00 Å². The molecule has 1 aromatic heterocycles. The van der Waals surface area contributed by atoms with Gasteiger partial charge in [-0.2, -0.15) is 14.7 Å². The monoisotopic (exact) mass is 400 g/mol. The van der Waals surface area contributed by atoms with Gasteiger partial charge in [-0.3, -0.25) is 5.43 Å². The molecule has 0 saturated heterocycles. The van der Waals surface area contributed by atoms with E-state index in [2.05, 4.69) is 43.6 Å². The maximum Gasteiger partial charge on any atom is 0.148 e. The van der Waals surface area contributed by atoms with Crippen molar-refractivity contribution in [3.8, 4) is 6.07 Å². The lowest BCUT2D eigenvalue weighted by atomic mass is 10.2. The van der Waals surface area contributed by atoms with E-state index in [0.29, 0.717) is 10.6 Å². The van der Waals surface area contributed by atoms with Crippen molar-refractivity contribution in [1.82, 2.24) is 4.37 Å². The summed E-state index contributed by atoms with van der Waals surface area (Å²) in [5, 5.41) is 14.6. The molecule has 0 aliphatic heterocycles. The summed E-state index contributed by atoms with van der Waals surface area (Å²) in [6.07, 6.45) is 3.62. The van der Waals surface area contributed by atoms with Gasteiger partial charge in [0.2, 0.25) is 0 Å². The van der Waals surface area contributed by atoms with Crippen LogP contribution in [0.2, 0.25) is 0 Å². The number of anilines is 1. The molecule has 0 amide bonds. The van der Waals surface area contributed by atoms with Gasteiger partial charge < -0.3 is 0 Å². The predicted molar refractivity (Wildman–Crippen MR) is 89.0 cm³/mol. The second-order valence-electron chi connectivity index (χ2n) is 3.43. The molecular formula is C12H9IN4S2. The summed E-state index contributed by atoms with van der Waals surface area (Å²) >= 11 is 4.95. The molecule has 1 aromatic carbocycles. The Bertz CT molecular complexity index is 645. The average molecular weight is 400 g/mol. The zero-order chi connectivity index (χ0) is 13.7. The number of nitrogens with zero attached hydrogens (tertiary/aromatic N) is 3. The van der Waals surface area contributed by atoms with Crippen molar-refractivity contribution in [2.75, 3.05) is 11.7 Å². The number of rotatable bonds is 4. The van der Waals surface area contributed by atoms with Crippen molar-refractivity contribution in [2.24, 2.45) is 5.10 Å². The SMILES string of the molecule is CSc1nsc(N/N=C/c2cccc(I)c2)c1C#N. The van der Waals surface area contributed by atoms with Gasteiger partial charge in [-0.1, -0.05) is 12.1 Å². The van der Waals surface area contributed by atoms with Crippen LogP contribution in [0.15, 0.2) is 34.4 Å². The maximum atomic E-state index is 9.08. The number of halogens is 1. The molecule has 0 atom stereocenters. The Hall–Kier alpha value is -1.11. The molecule has 1 heterocycles. The van der Waals surface area contributed by atoms with Gasteiger partial charge in [0.1, 0.15) is 21.7 Å². The fourth-order valence-corrected chi connectivity index (χ4v) is 3.33. The zero-order valence-corrected chi connectivity index (χ0v) is 13.7. The van der Waals surface area contributed by atoms with Crippen LogP contribution in [0.25, 0.3) is 0 Å². The molecule has 19 heavy (non-hydrogen) atoms. The summed E-state index contributed by atoms with van der Waals surface area (Å²) < 4.78 is 5.34. The summed E-state index contributed by atoms with van der Waals surface area (Å²) in [6.45, 7) is 0. The molecule has 2 rings (SSSR count). The van der Waals surface area contributed by atoms with Gasteiger partial charge in [0.05, 0.1) is 6.21 Å². The number of aromatic nitrogens is 1. The Morgan fingerprint density at radius 1 is 1.58 bits per heavy atom. The third-order valence-corrected chi connectivity index (χ3v) is 4.41. The molecule has 0 radical (unpaired) electrons. The van der Waals surface area contributed by atoms with Crippen LogP contribution in [0.3, 0.4) is 0 Å². The highest BCUT2D eigenvalue weighted by molar-refractivity contribution is 14.1. The van der Waals surface area contributed by atoms with E-state index in [4.69, 9.17) is 5.26 Å². The molecule has 0 saturated carbocycles. The lowest BCUT2D eigenvalue weighted by Crippen LogP contribution is -1.91. The van der Waals surface area contributed by atoms with E-state index in [1.807, 2.05) is 30.5 Å². The van der Waals surface area contributed by atoms with E-state index in [1.54, 1.807) is 6.21 Å². The molecule has 0 spiro atoms. The Kier molecular flexibility index (Phi) is 5.18. The van der Waals surface area contributed by atoms with Crippen LogP contribution in [-0.2, 0) is 0 Å². The quantitative estimate of drug-likeness (QED) is 0.367. The van der Waals surface area contributed by atoms with Crippen molar-refractivity contribution in [3.05, 3.63) is 39.0 Å². The first-order valence-electron chi connectivity index (χ1n) is 5.23. The van der Waals surface area contributed by atoms with Gasteiger partial charge in [0.25, 0.3) is 0 Å². The van der Waals surface area contributed by atoms with Crippen LogP contribution in [0.5, 0.6) is 0 Å². The number of thioether (sulfide) groups is 1. The highest BCUT2D eigenvalue weighted by Crippen LogP contribution is 2.29. The lowest BCUT2D eigenvalue weighted by Gasteiger charge is -1.97. The van der Waals surface area contributed by atoms with Gasteiger partial charge in [0.15, 0.2) is 0 Å². The number of hydrogen-bond donors (Lipinski definition) is 1. The molecule has 0 fully saturated rings. The van der Waals surface area contributed by atoms with E-state index in [-0.39, 0.29) is 0 Å². The predicted octanol–water partition coefficient (Wildman–Crippen LogP) is 3.79. The van der Waals surface area contributed by atoms with Crippen molar-refractivity contribution >= 4 is 57.1 Å². The number of benzene rings is 1. The fraction of sp³-hybridized carbons (Fsp3) is 0.0833.